The van der Waals surface area contributed by atoms with Crippen LogP contribution in [0.5, 0.6) is 0 Å². The van der Waals surface area contributed by atoms with Crippen LogP contribution < -0.4 is 10.6 Å². The lowest BCUT2D eigenvalue weighted by molar-refractivity contribution is -0.118. The number of thioether (sulfide) groups is 1. The number of fused-ring (bicyclic) bond motifs is 3. The quantitative estimate of drug-likeness (QED) is 0.359. The molecule has 2 aromatic carbocycles. The van der Waals surface area contributed by atoms with Gasteiger partial charge in [-0.25, -0.2) is 0 Å². The predicted octanol–water partition coefficient (Wildman–Crippen LogP) is 4.60. The summed E-state index contributed by atoms with van der Waals surface area (Å²) < 4.78 is 7.89. The topological polar surface area (TPSA) is 104 Å². The van der Waals surface area contributed by atoms with E-state index < -0.39 is 5.60 Å². The van der Waals surface area contributed by atoms with Gasteiger partial charge in [0.15, 0.2) is 10.8 Å². The minimum Gasteiger partial charge on any atom is -0.370 e. The highest BCUT2D eigenvalue weighted by Crippen LogP contribution is 2.38. The van der Waals surface area contributed by atoms with Gasteiger partial charge < -0.3 is 15.4 Å². The van der Waals surface area contributed by atoms with E-state index in [1.54, 1.807) is 0 Å². The average Bonchev–Trinajstić information content (AvgIpc) is 3.31. The molecular formula is C27H26N6O2S. The zero-order valence-corrected chi connectivity index (χ0v) is 20.9. The Morgan fingerprint density at radius 1 is 1.11 bits per heavy atom. The standard InChI is InChI=1S/C27H26N6O2S/c1-27(2)13-20-21(14-28)24(30-19-11-7-4-8-12-19)33-25(22(20)16-35-27)31-32-26(33)36-17-23(34)29-15-18-9-5-3-6-10-18/h3-12,30H,13,15-17H2,1-2H3,(H,29,34). The highest BCUT2D eigenvalue weighted by Gasteiger charge is 2.33. The molecule has 0 saturated heterocycles. The van der Waals surface area contributed by atoms with Crippen LogP contribution in [0.1, 0.15) is 36.1 Å². The first-order valence-corrected chi connectivity index (χ1v) is 12.7. The lowest BCUT2D eigenvalue weighted by atomic mass is 9.89. The van der Waals surface area contributed by atoms with Crippen LogP contribution in [0.15, 0.2) is 65.8 Å². The molecule has 36 heavy (non-hydrogen) atoms. The van der Waals surface area contributed by atoms with Gasteiger partial charge in [-0.05, 0) is 37.1 Å². The molecule has 4 aromatic rings. The van der Waals surface area contributed by atoms with Gasteiger partial charge in [-0.1, -0.05) is 60.3 Å². The van der Waals surface area contributed by atoms with E-state index in [2.05, 4.69) is 26.9 Å². The van der Waals surface area contributed by atoms with Gasteiger partial charge >= 0.3 is 0 Å². The smallest absolute Gasteiger partial charge is 0.230 e. The number of rotatable bonds is 7. The highest BCUT2D eigenvalue weighted by molar-refractivity contribution is 7.99. The molecule has 8 nitrogen and oxygen atoms in total. The zero-order valence-electron chi connectivity index (χ0n) is 20.1. The Labute approximate surface area is 213 Å². The maximum Gasteiger partial charge on any atom is 0.230 e. The number of para-hydroxylation sites is 1. The number of carbonyl (C=O) groups is 1. The number of pyridine rings is 1. The highest BCUT2D eigenvalue weighted by atomic mass is 32.2. The van der Waals surface area contributed by atoms with E-state index in [0.29, 0.717) is 41.8 Å². The summed E-state index contributed by atoms with van der Waals surface area (Å²) in [7, 11) is 0. The number of benzene rings is 2. The predicted molar refractivity (Wildman–Crippen MR) is 139 cm³/mol. The molecule has 0 unspecified atom stereocenters. The Kier molecular flexibility index (Phi) is 6.63. The van der Waals surface area contributed by atoms with Crippen molar-refractivity contribution in [3.63, 3.8) is 0 Å². The van der Waals surface area contributed by atoms with E-state index in [4.69, 9.17) is 4.74 Å². The van der Waals surface area contributed by atoms with Gasteiger partial charge in [-0.3, -0.25) is 9.20 Å². The molecule has 0 bridgehead atoms. The number of aromatic nitrogens is 3. The molecule has 0 saturated carbocycles. The Balaban J connectivity index is 1.49. The molecule has 0 aliphatic carbocycles. The van der Waals surface area contributed by atoms with Gasteiger partial charge in [-0.15, -0.1) is 10.2 Å². The summed E-state index contributed by atoms with van der Waals surface area (Å²) in [5.41, 5.74) is 4.42. The number of hydrogen-bond donors (Lipinski definition) is 2. The van der Waals surface area contributed by atoms with Crippen LogP contribution in [0, 0.1) is 11.3 Å². The molecule has 182 valence electrons. The monoisotopic (exact) mass is 498 g/mol. The van der Waals surface area contributed by atoms with Crippen molar-refractivity contribution in [2.24, 2.45) is 0 Å². The second-order valence-corrected chi connectivity index (χ2v) is 10.1. The normalized spacial score (nSPS) is 14.1. The van der Waals surface area contributed by atoms with Gasteiger partial charge in [0.25, 0.3) is 0 Å². The van der Waals surface area contributed by atoms with E-state index in [1.807, 2.05) is 78.9 Å². The molecule has 3 heterocycles. The van der Waals surface area contributed by atoms with Crippen molar-refractivity contribution in [2.45, 2.75) is 44.2 Å². The third-order valence-electron chi connectivity index (χ3n) is 6.05. The summed E-state index contributed by atoms with van der Waals surface area (Å²) in [6.07, 6.45) is 0.586. The molecular weight excluding hydrogens is 472 g/mol. The van der Waals surface area contributed by atoms with Crippen LogP contribution in [0.4, 0.5) is 11.5 Å². The summed E-state index contributed by atoms with van der Waals surface area (Å²) in [4.78, 5) is 12.6. The lowest BCUT2D eigenvalue weighted by Crippen LogP contribution is -2.33. The minimum absolute atomic E-state index is 0.110. The Bertz CT molecular complexity index is 1440. The molecule has 0 spiro atoms. The molecule has 0 fully saturated rings. The molecule has 0 radical (unpaired) electrons. The maximum atomic E-state index is 12.6. The van der Waals surface area contributed by atoms with E-state index in [1.165, 1.54) is 11.8 Å². The van der Waals surface area contributed by atoms with E-state index in [-0.39, 0.29) is 11.7 Å². The lowest BCUT2D eigenvalue weighted by Gasteiger charge is -2.33. The van der Waals surface area contributed by atoms with Gasteiger partial charge in [0.1, 0.15) is 11.9 Å². The zero-order chi connectivity index (χ0) is 25.1. The fraction of sp³-hybridized carbons (Fsp3) is 0.259. The second kappa shape index (κ2) is 10.0. The maximum absolute atomic E-state index is 12.6. The number of ether oxygens (including phenoxy) is 1. The molecule has 1 amide bonds. The van der Waals surface area contributed by atoms with Crippen LogP contribution >= 0.6 is 11.8 Å². The van der Waals surface area contributed by atoms with Crippen LogP contribution in [-0.4, -0.2) is 31.9 Å². The van der Waals surface area contributed by atoms with Crippen molar-refractivity contribution in [1.29, 1.82) is 5.26 Å². The first-order valence-electron chi connectivity index (χ1n) is 11.7. The summed E-state index contributed by atoms with van der Waals surface area (Å²) in [6.45, 7) is 4.84. The molecule has 5 rings (SSSR count). The summed E-state index contributed by atoms with van der Waals surface area (Å²) in [5.74, 6) is 0.648. The molecule has 9 heteroatoms. The largest absolute Gasteiger partial charge is 0.370 e. The van der Waals surface area contributed by atoms with E-state index in [9.17, 15) is 10.1 Å². The summed E-state index contributed by atoms with van der Waals surface area (Å²) in [6, 6.07) is 21.9. The minimum atomic E-state index is -0.393. The average molecular weight is 499 g/mol. The fourth-order valence-corrected chi connectivity index (χ4v) is 5.03. The van der Waals surface area contributed by atoms with Crippen molar-refractivity contribution in [2.75, 3.05) is 11.1 Å². The van der Waals surface area contributed by atoms with Gasteiger partial charge in [0.2, 0.25) is 5.91 Å². The molecule has 2 aromatic heterocycles. The number of nitrogens with one attached hydrogen (secondary N) is 2. The van der Waals surface area contributed by atoms with Crippen molar-refractivity contribution >= 4 is 34.8 Å². The molecule has 1 aliphatic heterocycles. The van der Waals surface area contributed by atoms with E-state index in [0.717, 1.165) is 22.4 Å². The van der Waals surface area contributed by atoms with Crippen LogP contribution in [0.3, 0.4) is 0 Å². The van der Waals surface area contributed by atoms with Crippen LogP contribution in [0.2, 0.25) is 0 Å². The number of nitrogens with zero attached hydrogens (tertiary/aromatic N) is 4. The third-order valence-corrected chi connectivity index (χ3v) is 6.98. The number of amides is 1. The number of hydrogen-bond acceptors (Lipinski definition) is 7. The molecule has 0 atom stereocenters. The third kappa shape index (κ3) is 4.91. The van der Waals surface area contributed by atoms with E-state index >= 15 is 0 Å². The summed E-state index contributed by atoms with van der Waals surface area (Å²) >= 11 is 1.28. The number of anilines is 2. The van der Waals surface area contributed by atoms with Crippen LogP contribution in [0.25, 0.3) is 5.65 Å². The van der Waals surface area contributed by atoms with Crippen molar-refractivity contribution in [3.8, 4) is 6.07 Å². The second-order valence-electron chi connectivity index (χ2n) is 9.20. The summed E-state index contributed by atoms with van der Waals surface area (Å²) in [5, 5.41) is 26.0. The number of carbonyl (C=O) groups excluding carboxylic acids is 1. The van der Waals surface area contributed by atoms with Gasteiger partial charge in [-0.2, -0.15) is 5.26 Å². The van der Waals surface area contributed by atoms with Crippen molar-refractivity contribution < 1.29 is 9.53 Å². The van der Waals surface area contributed by atoms with Gasteiger partial charge in [0.05, 0.1) is 23.5 Å². The fourth-order valence-electron chi connectivity index (χ4n) is 4.27. The SMILES string of the molecule is CC1(C)Cc2c(C#N)c(Nc3ccccc3)n3c(SCC(=O)NCc4ccccc4)nnc3c2CO1. The van der Waals surface area contributed by atoms with Gasteiger partial charge in [0, 0.05) is 24.2 Å². The van der Waals surface area contributed by atoms with Crippen molar-refractivity contribution in [3.05, 3.63) is 82.9 Å². The Hall–Kier alpha value is -3.87. The Morgan fingerprint density at radius 2 is 1.83 bits per heavy atom. The first-order chi connectivity index (χ1) is 17.4. The number of nitriles is 1. The molecule has 2 N–H and O–H groups in total. The molecule has 1 aliphatic rings. The Morgan fingerprint density at radius 3 is 2.56 bits per heavy atom. The van der Waals surface area contributed by atoms with Crippen molar-refractivity contribution in [1.82, 2.24) is 19.9 Å². The first kappa shape index (κ1) is 23.9. The van der Waals surface area contributed by atoms with Crippen LogP contribution in [-0.2, 0) is 29.1 Å².